The molecule has 0 saturated carbocycles. The van der Waals surface area contributed by atoms with Gasteiger partial charge in [-0.3, -0.25) is 0 Å². The van der Waals surface area contributed by atoms with Gasteiger partial charge in [0, 0.05) is 14.5 Å². The Bertz CT molecular complexity index is 570. The molecule has 0 aliphatic heterocycles. The van der Waals surface area contributed by atoms with E-state index in [0.717, 1.165) is 38.9 Å². The highest BCUT2D eigenvalue weighted by molar-refractivity contribution is 9.11. The Balaban J connectivity index is 2.41. The molecule has 2 aromatic rings. The number of hydrogen-bond acceptors (Lipinski definition) is 3. The summed E-state index contributed by atoms with van der Waals surface area (Å²) in [5.41, 5.74) is 1.86. The molecule has 0 aliphatic carbocycles. The van der Waals surface area contributed by atoms with E-state index < -0.39 is 0 Å². The van der Waals surface area contributed by atoms with Crippen LogP contribution >= 0.6 is 43.5 Å². The monoisotopic (exact) mass is 403 g/mol. The van der Waals surface area contributed by atoms with Gasteiger partial charge in [0.25, 0.3) is 0 Å². The minimum Gasteiger partial charge on any atom is -0.338 e. The van der Waals surface area contributed by atoms with Crippen molar-refractivity contribution in [2.24, 2.45) is 0 Å². The number of aromatic nitrogens is 2. The lowest BCUT2D eigenvalue weighted by Gasteiger charge is -2.13. The molecule has 0 bridgehead atoms. The molecule has 1 N–H and O–H groups in total. The van der Waals surface area contributed by atoms with Gasteiger partial charge in [-0.05, 0) is 50.4 Å². The van der Waals surface area contributed by atoms with Crippen molar-refractivity contribution in [1.82, 2.24) is 9.97 Å². The maximum Gasteiger partial charge on any atom is 0.138 e. The number of nitrogens with zero attached hydrogens (tertiary/aromatic N) is 2. The van der Waals surface area contributed by atoms with Crippen LogP contribution in [0.3, 0.4) is 0 Å². The van der Waals surface area contributed by atoms with Gasteiger partial charge in [0.15, 0.2) is 0 Å². The summed E-state index contributed by atoms with van der Waals surface area (Å²) >= 11 is 13.2. The van der Waals surface area contributed by atoms with Gasteiger partial charge < -0.3 is 5.32 Å². The van der Waals surface area contributed by atoms with Crippen LogP contribution in [0.1, 0.15) is 18.9 Å². The Morgan fingerprint density at radius 1 is 1.21 bits per heavy atom. The first-order valence-electron chi connectivity index (χ1n) is 5.84. The summed E-state index contributed by atoms with van der Waals surface area (Å²) in [6.07, 6.45) is 3.29. The summed E-state index contributed by atoms with van der Waals surface area (Å²) in [5.74, 6) is 0.745. The maximum absolute atomic E-state index is 6.14. The second kappa shape index (κ2) is 6.68. The molecule has 0 saturated heterocycles. The van der Waals surface area contributed by atoms with Gasteiger partial charge in [-0.15, -0.1) is 0 Å². The number of halogens is 3. The molecule has 0 aliphatic rings. The molecular weight excluding hydrogens is 393 g/mol. The van der Waals surface area contributed by atoms with Crippen molar-refractivity contribution in [3.63, 3.8) is 0 Å². The third-order valence-electron chi connectivity index (χ3n) is 2.60. The van der Waals surface area contributed by atoms with E-state index in [-0.39, 0.29) is 0 Å². The van der Waals surface area contributed by atoms with E-state index in [2.05, 4.69) is 54.1 Å². The van der Waals surface area contributed by atoms with Crippen molar-refractivity contribution >= 4 is 55.0 Å². The number of benzene rings is 1. The molecule has 0 fully saturated rings. The Kier molecular flexibility index (Phi) is 5.19. The van der Waals surface area contributed by atoms with Crippen molar-refractivity contribution < 1.29 is 0 Å². The van der Waals surface area contributed by atoms with Crippen LogP contribution in [0, 0.1) is 0 Å². The molecule has 0 atom stereocenters. The summed E-state index contributed by atoms with van der Waals surface area (Å²) in [4.78, 5) is 8.32. The summed E-state index contributed by atoms with van der Waals surface area (Å²) in [7, 11) is 0. The van der Waals surface area contributed by atoms with E-state index in [0.29, 0.717) is 5.15 Å². The topological polar surface area (TPSA) is 37.8 Å². The number of hydrogen-bond donors (Lipinski definition) is 1. The van der Waals surface area contributed by atoms with E-state index in [1.807, 2.05) is 18.2 Å². The zero-order chi connectivity index (χ0) is 13.8. The Morgan fingerprint density at radius 3 is 2.53 bits per heavy atom. The average molecular weight is 406 g/mol. The lowest BCUT2D eigenvalue weighted by molar-refractivity contribution is 0.904. The van der Waals surface area contributed by atoms with Crippen LogP contribution in [-0.4, -0.2) is 9.97 Å². The number of anilines is 2. The van der Waals surface area contributed by atoms with Crippen molar-refractivity contribution in [2.75, 3.05) is 5.32 Å². The van der Waals surface area contributed by atoms with Crippen LogP contribution < -0.4 is 5.32 Å². The fourth-order valence-corrected chi connectivity index (χ4v) is 3.13. The smallest absolute Gasteiger partial charge is 0.138 e. The predicted molar refractivity (Wildman–Crippen MR) is 86.2 cm³/mol. The summed E-state index contributed by atoms with van der Waals surface area (Å²) < 4.78 is 1.91. The SMILES string of the molecule is CCCc1c(Cl)ncnc1Nc1c(Br)cccc1Br. The molecule has 1 aromatic heterocycles. The van der Waals surface area contributed by atoms with E-state index in [1.54, 1.807) is 0 Å². The van der Waals surface area contributed by atoms with Crippen LogP contribution in [0.5, 0.6) is 0 Å². The Morgan fingerprint density at radius 2 is 1.89 bits per heavy atom. The largest absolute Gasteiger partial charge is 0.338 e. The third kappa shape index (κ3) is 3.46. The number of rotatable bonds is 4. The van der Waals surface area contributed by atoms with Crippen LogP contribution in [0.2, 0.25) is 5.15 Å². The average Bonchev–Trinajstić information content (AvgIpc) is 2.38. The lowest BCUT2D eigenvalue weighted by Crippen LogP contribution is -2.02. The molecular formula is C13H12Br2ClN3. The number of para-hydroxylation sites is 1. The normalized spacial score (nSPS) is 10.5. The van der Waals surface area contributed by atoms with Gasteiger partial charge in [0.2, 0.25) is 0 Å². The molecule has 19 heavy (non-hydrogen) atoms. The van der Waals surface area contributed by atoms with E-state index in [4.69, 9.17) is 11.6 Å². The first kappa shape index (κ1) is 14.8. The molecule has 0 amide bonds. The Labute approximate surface area is 134 Å². The van der Waals surface area contributed by atoms with E-state index in [1.165, 1.54) is 6.33 Å². The van der Waals surface area contributed by atoms with Crippen molar-refractivity contribution in [2.45, 2.75) is 19.8 Å². The molecule has 100 valence electrons. The highest BCUT2D eigenvalue weighted by atomic mass is 79.9. The van der Waals surface area contributed by atoms with Crippen LogP contribution in [0.15, 0.2) is 33.5 Å². The maximum atomic E-state index is 6.14. The van der Waals surface area contributed by atoms with Crippen molar-refractivity contribution in [3.8, 4) is 0 Å². The van der Waals surface area contributed by atoms with Crippen LogP contribution in [0.25, 0.3) is 0 Å². The van der Waals surface area contributed by atoms with Crippen molar-refractivity contribution in [1.29, 1.82) is 0 Å². The fourth-order valence-electron chi connectivity index (χ4n) is 1.71. The second-order valence-electron chi connectivity index (χ2n) is 3.96. The summed E-state index contributed by atoms with van der Waals surface area (Å²) in [6.45, 7) is 2.10. The molecule has 3 nitrogen and oxygen atoms in total. The zero-order valence-corrected chi connectivity index (χ0v) is 14.2. The van der Waals surface area contributed by atoms with Gasteiger partial charge in [0.05, 0.1) is 5.69 Å². The molecule has 0 unspecified atom stereocenters. The molecule has 0 radical (unpaired) electrons. The fraction of sp³-hybridized carbons (Fsp3) is 0.231. The number of nitrogens with one attached hydrogen (secondary N) is 1. The molecule has 0 spiro atoms. The predicted octanol–water partition coefficient (Wildman–Crippen LogP) is 5.35. The zero-order valence-electron chi connectivity index (χ0n) is 10.3. The molecule has 6 heteroatoms. The molecule has 2 rings (SSSR count). The lowest BCUT2D eigenvalue weighted by atomic mass is 10.2. The van der Waals surface area contributed by atoms with Crippen LogP contribution in [0.4, 0.5) is 11.5 Å². The van der Waals surface area contributed by atoms with E-state index >= 15 is 0 Å². The Hall–Kier alpha value is -0.650. The first-order valence-corrected chi connectivity index (χ1v) is 7.80. The van der Waals surface area contributed by atoms with Gasteiger partial charge >= 0.3 is 0 Å². The van der Waals surface area contributed by atoms with Gasteiger partial charge in [-0.2, -0.15) is 0 Å². The third-order valence-corrected chi connectivity index (χ3v) is 4.25. The standard InChI is InChI=1S/C13H12Br2ClN3/c1-2-4-8-12(16)17-7-18-13(8)19-11-9(14)5-3-6-10(11)15/h3,5-7H,2,4H2,1H3,(H,17,18,19). The van der Waals surface area contributed by atoms with Gasteiger partial charge in [-0.1, -0.05) is 31.0 Å². The minimum atomic E-state index is 0.502. The summed E-state index contributed by atoms with van der Waals surface area (Å²) in [5, 5.41) is 3.81. The summed E-state index contributed by atoms with van der Waals surface area (Å²) in [6, 6.07) is 5.89. The molecule has 1 aromatic carbocycles. The molecule has 1 heterocycles. The van der Waals surface area contributed by atoms with Gasteiger partial charge in [-0.25, -0.2) is 9.97 Å². The highest BCUT2D eigenvalue weighted by Crippen LogP contribution is 2.34. The van der Waals surface area contributed by atoms with Crippen molar-refractivity contribution in [3.05, 3.63) is 44.2 Å². The second-order valence-corrected chi connectivity index (χ2v) is 6.03. The quantitative estimate of drug-likeness (QED) is 0.697. The minimum absolute atomic E-state index is 0.502. The highest BCUT2D eigenvalue weighted by Gasteiger charge is 2.12. The first-order chi connectivity index (χ1) is 9.13. The van der Waals surface area contributed by atoms with Gasteiger partial charge in [0.1, 0.15) is 17.3 Å². The van der Waals surface area contributed by atoms with E-state index in [9.17, 15) is 0 Å². The van der Waals surface area contributed by atoms with Crippen LogP contribution in [-0.2, 0) is 6.42 Å².